The second kappa shape index (κ2) is 9.45. The fourth-order valence-electron chi connectivity index (χ4n) is 5.15. The van der Waals surface area contributed by atoms with Crippen LogP contribution in [0.25, 0.3) is 0 Å². The van der Waals surface area contributed by atoms with Crippen molar-refractivity contribution < 1.29 is 18.8 Å². The van der Waals surface area contributed by atoms with Gasteiger partial charge in [0.05, 0.1) is 13.1 Å². The molecule has 3 saturated heterocycles. The summed E-state index contributed by atoms with van der Waals surface area (Å²) in [4.78, 5) is 30.4. The van der Waals surface area contributed by atoms with Crippen molar-refractivity contribution in [3.63, 3.8) is 0 Å². The highest BCUT2D eigenvalue weighted by molar-refractivity contribution is 7.11. The number of para-hydroxylation sites is 1. The maximum Gasteiger partial charge on any atom is 0.333 e. The number of hydrogen-bond donors (Lipinski definition) is 1. The van der Waals surface area contributed by atoms with Crippen LogP contribution in [0.3, 0.4) is 0 Å². The zero-order valence-electron chi connectivity index (χ0n) is 18.4. The number of carbonyl (C=O) groups excluding carboxylic acids is 2. The highest BCUT2D eigenvalue weighted by Gasteiger charge is 2.49. The zero-order chi connectivity index (χ0) is 22.7. The zero-order valence-corrected chi connectivity index (χ0v) is 19.2. The summed E-state index contributed by atoms with van der Waals surface area (Å²) in [6.45, 7) is 3.04. The van der Waals surface area contributed by atoms with E-state index in [-0.39, 0.29) is 17.9 Å². The molecule has 0 spiro atoms. The summed E-state index contributed by atoms with van der Waals surface area (Å²) in [6, 6.07) is 18.8. The molecule has 7 heteroatoms. The number of benzene rings is 2. The number of rotatable bonds is 8. The monoisotopic (exact) mass is 462 g/mol. The van der Waals surface area contributed by atoms with Crippen LogP contribution in [-0.4, -0.2) is 53.5 Å². The van der Waals surface area contributed by atoms with E-state index in [2.05, 4.69) is 10.3 Å². The Bertz CT molecular complexity index is 1080. The summed E-state index contributed by atoms with van der Waals surface area (Å²) < 4.78 is 6.86. The number of nitrogens with zero attached hydrogens (tertiary/aromatic N) is 2. The summed E-state index contributed by atoms with van der Waals surface area (Å²) in [5.74, 6) is 0.175. The Morgan fingerprint density at radius 3 is 2.42 bits per heavy atom. The second-order valence-electron chi connectivity index (χ2n) is 9.06. The third kappa shape index (κ3) is 4.84. The van der Waals surface area contributed by atoms with Gasteiger partial charge in [-0.1, -0.05) is 48.5 Å². The molecule has 170 valence electrons. The predicted octanol–water partition coefficient (Wildman–Crippen LogP) is 4.33. The Morgan fingerprint density at radius 1 is 1.06 bits per heavy atom. The lowest BCUT2D eigenvalue weighted by atomic mass is 9.83. The normalized spacial score (nSPS) is 24.7. The summed E-state index contributed by atoms with van der Waals surface area (Å²) >= 11 is 1.39. The number of nitrogens with one attached hydrogen (secondary N) is 1. The Balaban J connectivity index is 1.31. The molecule has 2 atom stereocenters. The van der Waals surface area contributed by atoms with Crippen LogP contribution >= 0.6 is 11.3 Å². The van der Waals surface area contributed by atoms with Gasteiger partial charge in [0, 0.05) is 36.0 Å². The number of quaternary nitrogens is 1. The molecule has 2 bridgehead atoms. The average Bonchev–Trinajstić information content (AvgIpc) is 3.40. The van der Waals surface area contributed by atoms with Crippen molar-refractivity contribution in [1.82, 2.24) is 4.98 Å². The van der Waals surface area contributed by atoms with Crippen molar-refractivity contribution in [3.05, 3.63) is 82.8 Å². The number of thiazole rings is 1. The summed E-state index contributed by atoms with van der Waals surface area (Å²) in [5, 5.41) is 5.75. The standard InChI is InChI=1S/C26H28N3O3S/c30-22(25-27-13-16-33-25)17-29-14-11-19(12-15-29)23(18-29)32-26(31)24(20-7-3-1-4-8-20)28-21-9-5-2-6-10-21/h1-10,13,16,19,23-24,28H,11-12,14-15,17-18H2/q+1/t19?,23-,24+,29?/m0/s1. The molecule has 1 aromatic heterocycles. The molecule has 6 rings (SSSR count). The van der Waals surface area contributed by atoms with Gasteiger partial charge in [-0.3, -0.25) is 4.79 Å². The van der Waals surface area contributed by atoms with Crippen LogP contribution < -0.4 is 5.32 Å². The number of esters is 1. The lowest BCUT2D eigenvalue weighted by molar-refractivity contribution is -0.938. The highest BCUT2D eigenvalue weighted by atomic mass is 32.1. The van der Waals surface area contributed by atoms with Crippen LogP contribution in [0.4, 0.5) is 5.69 Å². The van der Waals surface area contributed by atoms with Gasteiger partial charge in [0.2, 0.25) is 5.78 Å². The SMILES string of the molecule is O=C(C[N+]12CCC(CC1)[C@@H](OC(=O)[C@H](Nc1ccccc1)c1ccccc1)C2)c1nccs1. The molecule has 3 aliphatic rings. The van der Waals surface area contributed by atoms with Gasteiger partial charge in [-0.25, -0.2) is 9.78 Å². The second-order valence-corrected chi connectivity index (χ2v) is 9.95. The van der Waals surface area contributed by atoms with E-state index in [0.717, 1.165) is 37.2 Å². The topological polar surface area (TPSA) is 68.3 Å². The van der Waals surface area contributed by atoms with Gasteiger partial charge in [0.1, 0.15) is 13.1 Å². The first-order valence-electron chi connectivity index (χ1n) is 11.5. The molecule has 0 aliphatic carbocycles. The third-order valence-electron chi connectivity index (χ3n) is 6.91. The van der Waals surface area contributed by atoms with Crippen LogP contribution in [-0.2, 0) is 9.53 Å². The van der Waals surface area contributed by atoms with Crippen LogP contribution in [0.5, 0.6) is 0 Å². The predicted molar refractivity (Wildman–Crippen MR) is 128 cm³/mol. The minimum absolute atomic E-state index is 0.0864. The number of ether oxygens (including phenoxy) is 1. The maximum atomic E-state index is 13.4. The van der Waals surface area contributed by atoms with Crippen molar-refractivity contribution in [2.24, 2.45) is 5.92 Å². The minimum atomic E-state index is -0.588. The number of piperidine rings is 3. The molecule has 6 nitrogen and oxygen atoms in total. The first-order valence-corrected chi connectivity index (χ1v) is 12.3. The molecule has 0 unspecified atom stereocenters. The Kier molecular flexibility index (Phi) is 6.24. The number of fused-ring (bicyclic) bond motifs is 3. The average molecular weight is 463 g/mol. The molecule has 0 amide bonds. The van der Waals surface area contributed by atoms with E-state index in [1.807, 2.05) is 66.0 Å². The summed E-state index contributed by atoms with van der Waals surface area (Å²) in [7, 11) is 0. The molecular formula is C26H28N3O3S+. The lowest BCUT2D eigenvalue weighted by Crippen LogP contribution is -2.65. The van der Waals surface area contributed by atoms with Crippen molar-refractivity contribution in [1.29, 1.82) is 0 Å². The lowest BCUT2D eigenvalue weighted by Gasteiger charge is -2.51. The quantitative estimate of drug-likeness (QED) is 0.307. The van der Waals surface area contributed by atoms with E-state index in [1.54, 1.807) is 6.20 Å². The van der Waals surface area contributed by atoms with Gasteiger partial charge in [-0.15, -0.1) is 11.3 Å². The Labute approximate surface area is 197 Å². The molecule has 3 aliphatic heterocycles. The van der Waals surface area contributed by atoms with Gasteiger partial charge in [-0.05, 0) is 17.7 Å². The number of carbonyl (C=O) groups is 2. The highest BCUT2D eigenvalue weighted by Crippen LogP contribution is 2.36. The summed E-state index contributed by atoms with van der Waals surface area (Å²) in [5.41, 5.74) is 1.74. The van der Waals surface area contributed by atoms with Crippen molar-refractivity contribution in [3.8, 4) is 0 Å². The first kappa shape index (κ1) is 21.8. The van der Waals surface area contributed by atoms with Gasteiger partial charge < -0.3 is 14.5 Å². The molecule has 3 aromatic rings. The smallest absolute Gasteiger partial charge is 0.333 e. The number of ketones is 1. The molecule has 33 heavy (non-hydrogen) atoms. The van der Waals surface area contributed by atoms with Crippen LogP contribution in [0.2, 0.25) is 0 Å². The van der Waals surface area contributed by atoms with Gasteiger partial charge >= 0.3 is 5.97 Å². The molecule has 0 saturated carbocycles. The minimum Gasteiger partial charge on any atom is -0.454 e. The van der Waals surface area contributed by atoms with Crippen molar-refractivity contribution in [2.45, 2.75) is 25.0 Å². The van der Waals surface area contributed by atoms with Crippen LogP contribution in [0, 0.1) is 5.92 Å². The van der Waals surface area contributed by atoms with Crippen LogP contribution in [0.15, 0.2) is 72.2 Å². The van der Waals surface area contributed by atoms with E-state index in [1.165, 1.54) is 11.3 Å². The third-order valence-corrected chi connectivity index (χ3v) is 7.73. The van der Waals surface area contributed by atoms with E-state index in [0.29, 0.717) is 28.5 Å². The fourth-order valence-corrected chi connectivity index (χ4v) is 5.72. The number of anilines is 1. The fraction of sp³-hybridized carbons (Fsp3) is 0.346. The first-order chi connectivity index (χ1) is 16.1. The molecule has 1 N–H and O–H groups in total. The molecule has 3 fully saturated rings. The molecule has 0 radical (unpaired) electrons. The molecule has 2 aromatic carbocycles. The van der Waals surface area contributed by atoms with E-state index in [4.69, 9.17) is 4.74 Å². The number of Topliss-reactive ketones (excluding diaryl/α,β-unsaturated/α-hetero) is 1. The molecule has 4 heterocycles. The van der Waals surface area contributed by atoms with E-state index in [9.17, 15) is 9.59 Å². The van der Waals surface area contributed by atoms with E-state index < -0.39 is 6.04 Å². The van der Waals surface area contributed by atoms with Gasteiger partial charge in [-0.2, -0.15) is 0 Å². The van der Waals surface area contributed by atoms with Gasteiger partial charge in [0.15, 0.2) is 17.2 Å². The van der Waals surface area contributed by atoms with Crippen molar-refractivity contribution >= 4 is 28.8 Å². The molecular weight excluding hydrogens is 434 g/mol. The maximum absolute atomic E-state index is 13.4. The summed E-state index contributed by atoms with van der Waals surface area (Å²) in [6.07, 6.45) is 3.46. The van der Waals surface area contributed by atoms with Gasteiger partial charge in [0.25, 0.3) is 0 Å². The number of hydrogen-bond acceptors (Lipinski definition) is 6. The van der Waals surface area contributed by atoms with Crippen LogP contribution in [0.1, 0.15) is 34.2 Å². The van der Waals surface area contributed by atoms with Crippen molar-refractivity contribution in [2.75, 3.05) is 31.5 Å². The van der Waals surface area contributed by atoms with E-state index >= 15 is 0 Å². The largest absolute Gasteiger partial charge is 0.454 e. The Hall–Kier alpha value is -3.03. The number of aromatic nitrogens is 1. The Morgan fingerprint density at radius 2 is 1.76 bits per heavy atom.